The molecule has 5 rings (SSSR count). The molecule has 11 heteroatoms. The number of amides is 1. The molecular weight excluding hydrogens is 430 g/mol. The van der Waals surface area contributed by atoms with Gasteiger partial charge in [0.2, 0.25) is 15.9 Å². The minimum absolute atomic E-state index is 0.201. The van der Waals surface area contributed by atoms with Gasteiger partial charge >= 0.3 is 0 Å². The van der Waals surface area contributed by atoms with E-state index < -0.39 is 21.2 Å². The van der Waals surface area contributed by atoms with Crippen LogP contribution < -0.4 is 4.90 Å². The molecule has 164 valence electrons. The second-order valence-corrected chi connectivity index (χ2v) is 10.9. The highest BCUT2D eigenvalue weighted by Gasteiger charge is 2.65. The zero-order valence-electron chi connectivity index (χ0n) is 16.7. The maximum atomic E-state index is 12.9. The van der Waals surface area contributed by atoms with Gasteiger partial charge in [0.05, 0.1) is 30.5 Å². The molecule has 4 aliphatic heterocycles. The Morgan fingerprint density at radius 3 is 2.53 bits per heavy atom. The molecule has 1 aromatic rings. The van der Waals surface area contributed by atoms with Crippen molar-refractivity contribution in [3.8, 4) is 0 Å². The normalized spacial score (nSPS) is 32.8. The number of fused-ring (bicyclic) bond motifs is 5. The number of rotatable bonds is 6. The molecule has 1 amide bonds. The fourth-order valence-corrected chi connectivity index (χ4v) is 7.71. The summed E-state index contributed by atoms with van der Waals surface area (Å²) in [7, 11) is -3.58. The Morgan fingerprint density at radius 1 is 1.07 bits per heavy atom. The molecule has 0 spiro atoms. The van der Waals surface area contributed by atoms with Gasteiger partial charge in [0.15, 0.2) is 0 Å². The maximum Gasteiger partial charge on any atom is 0.243 e. The molecule has 4 saturated heterocycles. The minimum atomic E-state index is -3.58. The van der Waals surface area contributed by atoms with Crippen LogP contribution in [0.25, 0.3) is 0 Å². The summed E-state index contributed by atoms with van der Waals surface area (Å²) in [5, 5.41) is -0.253. The van der Waals surface area contributed by atoms with Crippen molar-refractivity contribution in [2.24, 2.45) is 5.92 Å². The number of carbonyl (C=O) groups excluding carboxylic acids is 1. The predicted octanol–water partition coefficient (Wildman–Crippen LogP) is 0.750. The lowest BCUT2D eigenvalue weighted by Crippen LogP contribution is -2.47. The van der Waals surface area contributed by atoms with Crippen molar-refractivity contribution in [2.45, 2.75) is 43.1 Å². The van der Waals surface area contributed by atoms with Crippen LogP contribution in [0.1, 0.15) is 25.7 Å². The first-order chi connectivity index (χ1) is 14.4. The first kappa shape index (κ1) is 20.4. The molecule has 0 N–H and O–H groups in total. The minimum Gasteiger partial charge on any atom is -0.373 e. The van der Waals surface area contributed by atoms with E-state index in [4.69, 9.17) is 16.3 Å². The molecule has 4 fully saturated rings. The van der Waals surface area contributed by atoms with E-state index in [2.05, 4.69) is 19.8 Å². The summed E-state index contributed by atoms with van der Waals surface area (Å²) in [6, 6.07) is 0. The zero-order valence-corrected chi connectivity index (χ0v) is 18.3. The maximum absolute atomic E-state index is 12.9. The number of nitrogens with zero attached hydrogens (tertiary/aromatic N) is 5. The van der Waals surface area contributed by atoms with E-state index in [0.29, 0.717) is 11.6 Å². The van der Waals surface area contributed by atoms with Crippen molar-refractivity contribution in [1.82, 2.24) is 19.2 Å². The third-order valence-electron chi connectivity index (χ3n) is 6.76. The Balaban J connectivity index is 1.08. The van der Waals surface area contributed by atoms with Crippen LogP contribution in [0.3, 0.4) is 0 Å². The zero-order chi connectivity index (χ0) is 20.9. The van der Waals surface area contributed by atoms with Gasteiger partial charge in [-0.2, -0.15) is 0 Å². The second kappa shape index (κ2) is 7.89. The van der Waals surface area contributed by atoms with E-state index in [1.807, 2.05) is 0 Å². The van der Waals surface area contributed by atoms with Crippen LogP contribution >= 0.6 is 11.6 Å². The summed E-state index contributed by atoms with van der Waals surface area (Å²) in [6.07, 6.45) is 5.84. The van der Waals surface area contributed by atoms with E-state index in [1.54, 1.807) is 6.20 Å². The molecule has 4 aliphatic rings. The third-order valence-corrected chi connectivity index (χ3v) is 9.21. The number of piperazine rings is 1. The number of hydrogen-bond donors (Lipinski definition) is 0. The fraction of sp³-hybridized carbons (Fsp3) is 0.737. The van der Waals surface area contributed by atoms with Gasteiger partial charge in [-0.3, -0.25) is 14.7 Å². The summed E-state index contributed by atoms with van der Waals surface area (Å²) in [5.74, 6) is 0.0725. The third kappa shape index (κ3) is 3.47. The smallest absolute Gasteiger partial charge is 0.243 e. The summed E-state index contributed by atoms with van der Waals surface area (Å²) in [5.41, 5.74) is 0. The van der Waals surface area contributed by atoms with Crippen molar-refractivity contribution in [3.05, 3.63) is 17.5 Å². The van der Waals surface area contributed by atoms with Gasteiger partial charge in [0.1, 0.15) is 16.2 Å². The lowest BCUT2D eigenvalue weighted by atomic mass is 9.88. The van der Waals surface area contributed by atoms with Gasteiger partial charge in [-0.1, -0.05) is 11.6 Å². The van der Waals surface area contributed by atoms with Crippen molar-refractivity contribution in [2.75, 3.05) is 44.2 Å². The molecule has 9 nitrogen and oxygen atoms in total. The Morgan fingerprint density at radius 2 is 1.80 bits per heavy atom. The van der Waals surface area contributed by atoms with Gasteiger partial charge in [0.25, 0.3) is 0 Å². The lowest BCUT2D eigenvalue weighted by molar-refractivity contribution is -0.130. The highest BCUT2D eigenvalue weighted by atomic mass is 35.5. The van der Waals surface area contributed by atoms with Crippen LogP contribution in [0.4, 0.5) is 5.82 Å². The standard InChI is InChI=1S/C19H26ClN5O4S/c20-15-11-21-12-16(22-15)24-9-7-23(8-10-24)5-1-2-6-25-19(26)17-13-3-4-14(29-13)18(17)30(25,27)28/h11-14,17-18H,1-10H2/t13?,14?,17?,18-/m1/s1. The Kier molecular flexibility index (Phi) is 5.37. The number of sulfonamides is 1. The predicted molar refractivity (Wildman–Crippen MR) is 111 cm³/mol. The van der Waals surface area contributed by atoms with E-state index >= 15 is 0 Å². The summed E-state index contributed by atoms with van der Waals surface area (Å²) in [4.78, 5) is 25.6. The van der Waals surface area contributed by atoms with E-state index in [0.717, 1.165) is 62.1 Å². The molecular formula is C19H26ClN5O4S. The van der Waals surface area contributed by atoms with Gasteiger partial charge in [-0.25, -0.2) is 17.7 Å². The van der Waals surface area contributed by atoms with E-state index in [9.17, 15) is 13.2 Å². The Hall–Kier alpha value is -1.49. The average Bonchev–Trinajstić information content (AvgIpc) is 3.40. The number of hydrogen-bond acceptors (Lipinski definition) is 8. The van der Waals surface area contributed by atoms with Crippen molar-refractivity contribution >= 4 is 33.3 Å². The number of unbranched alkanes of at least 4 members (excludes halogenated alkanes) is 1. The summed E-state index contributed by atoms with van der Waals surface area (Å²) >= 11 is 5.92. The summed E-state index contributed by atoms with van der Waals surface area (Å²) in [6.45, 7) is 4.67. The Labute approximate surface area is 181 Å². The fourth-order valence-electron chi connectivity index (χ4n) is 5.27. The Bertz CT molecular complexity index is 923. The number of halogens is 1. The first-order valence-electron chi connectivity index (χ1n) is 10.6. The van der Waals surface area contributed by atoms with E-state index in [-0.39, 0.29) is 24.7 Å². The van der Waals surface area contributed by atoms with Crippen LogP contribution in [-0.2, 0) is 19.6 Å². The van der Waals surface area contributed by atoms with Gasteiger partial charge in [-0.05, 0) is 32.2 Å². The molecule has 2 bridgehead atoms. The number of aromatic nitrogens is 2. The molecule has 4 atom stereocenters. The lowest BCUT2D eigenvalue weighted by Gasteiger charge is -2.35. The first-order valence-corrected chi connectivity index (χ1v) is 12.5. The van der Waals surface area contributed by atoms with Gasteiger partial charge in [0, 0.05) is 32.7 Å². The van der Waals surface area contributed by atoms with Gasteiger partial charge in [-0.15, -0.1) is 0 Å². The quantitative estimate of drug-likeness (QED) is 0.580. The SMILES string of the molecule is O=C1C2C3CCC(O3)[C@H]2S(=O)(=O)N1CCCCN1CCN(c2cncc(Cl)n2)CC1. The molecule has 30 heavy (non-hydrogen) atoms. The highest BCUT2D eigenvalue weighted by molar-refractivity contribution is 7.90. The van der Waals surface area contributed by atoms with Crippen molar-refractivity contribution < 1.29 is 17.9 Å². The molecule has 0 aliphatic carbocycles. The number of anilines is 1. The van der Waals surface area contributed by atoms with Crippen LogP contribution in [-0.4, -0.2) is 90.2 Å². The topological polar surface area (TPSA) is 95.9 Å². The number of carbonyl (C=O) groups is 1. The van der Waals surface area contributed by atoms with Crippen molar-refractivity contribution in [3.63, 3.8) is 0 Å². The summed E-state index contributed by atoms with van der Waals surface area (Å²) < 4.78 is 32.5. The molecule has 0 radical (unpaired) electrons. The molecule has 1 aromatic heterocycles. The largest absolute Gasteiger partial charge is 0.373 e. The van der Waals surface area contributed by atoms with Crippen LogP contribution in [0.2, 0.25) is 5.15 Å². The molecule has 3 unspecified atom stereocenters. The highest BCUT2D eigenvalue weighted by Crippen LogP contribution is 2.48. The number of ether oxygens (including phenoxy) is 1. The van der Waals surface area contributed by atoms with Crippen LogP contribution in [0.5, 0.6) is 0 Å². The molecule has 5 heterocycles. The average molecular weight is 456 g/mol. The van der Waals surface area contributed by atoms with Crippen LogP contribution in [0.15, 0.2) is 12.4 Å². The van der Waals surface area contributed by atoms with Crippen molar-refractivity contribution in [1.29, 1.82) is 0 Å². The van der Waals surface area contributed by atoms with E-state index in [1.165, 1.54) is 6.20 Å². The van der Waals surface area contributed by atoms with Gasteiger partial charge < -0.3 is 9.64 Å². The molecule has 0 saturated carbocycles. The second-order valence-electron chi connectivity index (χ2n) is 8.47. The molecule has 0 aromatic carbocycles. The van der Waals surface area contributed by atoms with Crippen LogP contribution in [0, 0.1) is 5.92 Å². The monoisotopic (exact) mass is 455 g/mol.